The van der Waals surface area contributed by atoms with Crippen LogP contribution in [-0.4, -0.2) is 33.3 Å². The van der Waals surface area contributed by atoms with Gasteiger partial charge in [-0.1, -0.05) is 19.3 Å². The standard InChI is InChI=1S/C13H18N2O3/c16-12(17)10-4-5-11(14-8-10)15-9-13(18)6-2-1-3-7-13/h4-5,8,18H,1-3,6-7,9H2,(H,14,15)(H,16,17). The third-order valence-corrected chi connectivity index (χ3v) is 3.39. The second-order valence-corrected chi connectivity index (χ2v) is 4.88. The molecule has 0 saturated heterocycles. The Balaban J connectivity index is 1.91. The quantitative estimate of drug-likeness (QED) is 0.760. The molecule has 1 aromatic rings. The van der Waals surface area contributed by atoms with Crippen molar-refractivity contribution in [2.24, 2.45) is 0 Å². The number of hydrogen-bond acceptors (Lipinski definition) is 4. The molecule has 3 N–H and O–H groups in total. The van der Waals surface area contributed by atoms with E-state index in [1.807, 2.05) is 0 Å². The van der Waals surface area contributed by atoms with Crippen LogP contribution in [-0.2, 0) is 0 Å². The number of carbonyl (C=O) groups is 1. The minimum absolute atomic E-state index is 0.164. The summed E-state index contributed by atoms with van der Waals surface area (Å²) in [7, 11) is 0. The summed E-state index contributed by atoms with van der Waals surface area (Å²) >= 11 is 0. The zero-order valence-corrected chi connectivity index (χ0v) is 10.2. The highest BCUT2D eigenvalue weighted by Crippen LogP contribution is 2.28. The number of anilines is 1. The molecular weight excluding hydrogens is 232 g/mol. The van der Waals surface area contributed by atoms with Crippen LogP contribution < -0.4 is 5.32 Å². The SMILES string of the molecule is O=C(O)c1ccc(NCC2(O)CCCCC2)nc1. The molecule has 0 aliphatic heterocycles. The van der Waals surface area contributed by atoms with Gasteiger partial charge in [0.15, 0.2) is 0 Å². The highest BCUT2D eigenvalue weighted by Gasteiger charge is 2.28. The van der Waals surface area contributed by atoms with Crippen molar-refractivity contribution in [3.8, 4) is 0 Å². The minimum Gasteiger partial charge on any atom is -0.478 e. The first-order valence-corrected chi connectivity index (χ1v) is 6.25. The van der Waals surface area contributed by atoms with Gasteiger partial charge in [-0.3, -0.25) is 0 Å². The van der Waals surface area contributed by atoms with Crippen molar-refractivity contribution in [3.05, 3.63) is 23.9 Å². The van der Waals surface area contributed by atoms with Crippen molar-refractivity contribution in [3.63, 3.8) is 0 Å². The Morgan fingerprint density at radius 1 is 1.33 bits per heavy atom. The number of nitrogens with zero attached hydrogens (tertiary/aromatic N) is 1. The maximum atomic E-state index is 10.7. The van der Waals surface area contributed by atoms with Gasteiger partial charge in [-0.15, -0.1) is 0 Å². The number of hydrogen-bond donors (Lipinski definition) is 3. The van der Waals surface area contributed by atoms with Crippen molar-refractivity contribution < 1.29 is 15.0 Å². The Hall–Kier alpha value is -1.62. The highest BCUT2D eigenvalue weighted by molar-refractivity contribution is 5.87. The third-order valence-electron chi connectivity index (χ3n) is 3.39. The second-order valence-electron chi connectivity index (χ2n) is 4.88. The largest absolute Gasteiger partial charge is 0.478 e. The van der Waals surface area contributed by atoms with Crippen LogP contribution in [0.2, 0.25) is 0 Å². The van der Waals surface area contributed by atoms with E-state index < -0.39 is 11.6 Å². The van der Waals surface area contributed by atoms with E-state index in [4.69, 9.17) is 5.11 Å². The van der Waals surface area contributed by atoms with Gasteiger partial charge in [0.1, 0.15) is 5.82 Å². The topological polar surface area (TPSA) is 82.5 Å². The molecule has 1 aliphatic rings. The highest BCUT2D eigenvalue weighted by atomic mass is 16.4. The zero-order valence-electron chi connectivity index (χ0n) is 10.2. The van der Waals surface area contributed by atoms with Crippen molar-refractivity contribution in [1.29, 1.82) is 0 Å². The van der Waals surface area contributed by atoms with E-state index in [1.165, 1.54) is 18.7 Å². The average molecular weight is 250 g/mol. The number of aromatic nitrogens is 1. The van der Waals surface area contributed by atoms with Gasteiger partial charge in [0.2, 0.25) is 0 Å². The molecular formula is C13H18N2O3. The van der Waals surface area contributed by atoms with E-state index in [0.29, 0.717) is 12.4 Å². The van der Waals surface area contributed by atoms with Crippen LogP contribution >= 0.6 is 0 Å². The summed E-state index contributed by atoms with van der Waals surface area (Å²) in [5.41, 5.74) is -0.484. The monoisotopic (exact) mass is 250 g/mol. The summed E-state index contributed by atoms with van der Waals surface area (Å²) in [5, 5.41) is 22.1. The number of carboxylic acids is 1. The molecule has 1 heterocycles. The molecule has 0 atom stereocenters. The predicted molar refractivity (Wildman–Crippen MR) is 67.7 cm³/mol. The molecule has 1 aromatic heterocycles. The molecule has 1 fully saturated rings. The summed E-state index contributed by atoms with van der Waals surface area (Å²) in [4.78, 5) is 14.7. The maximum absolute atomic E-state index is 10.7. The fraction of sp³-hybridized carbons (Fsp3) is 0.538. The normalized spacial score (nSPS) is 18.3. The Morgan fingerprint density at radius 2 is 2.06 bits per heavy atom. The van der Waals surface area contributed by atoms with E-state index in [0.717, 1.165) is 25.7 Å². The molecule has 2 rings (SSSR count). The molecule has 0 radical (unpaired) electrons. The van der Waals surface area contributed by atoms with Crippen LogP contribution in [0.1, 0.15) is 42.5 Å². The average Bonchev–Trinajstić information content (AvgIpc) is 2.38. The summed E-state index contributed by atoms with van der Waals surface area (Å²) in [6, 6.07) is 3.12. The van der Waals surface area contributed by atoms with Crippen molar-refractivity contribution >= 4 is 11.8 Å². The van der Waals surface area contributed by atoms with Crippen molar-refractivity contribution in [2.45, 2.75) is 37.7 Å². The lowest BCUT2D eigenvalue weighted by atomic mass is 9.85. The molecule has 0 spiro atoms. The lowest BCUT2D eigenvalue weighted by Gasteiger charge is -2.32. The second kappa shape index (κ2) is 5.35. The number of rotatable bonds is 4. The number of aliphatic hydroxyl groups is 1. The van der Waals surface area contributed by atoms with Crippen LogP contribution in [0.25, 0.3) is 0 Å². The fourth-order valence-electron chi connectivity index (χ4n) is 2.27. The molecule has 5 nitrogen and oxygen atoms in total. The van der Waals surface area contributed by atoms with Gasteiger partial charge in [0.05, 0.1) is 11.2 Å². The lowest BCUT2D eigenvalue weighted by molar-refractivity contribution is 0.0166. The van der Waals surface area contributed by atoms with E-state index in [1.54, 1.807) is 6.07 Å². The predicted octanol–water partition coefficient (Wildman–Crippen LogP) is 1.89. The number of aromatic carboxylic acids is 1. The van der Waals surface area contributed by atoms with E-state index in [2.05, 4.69) is 10.3 Å². The molecule has 0 unspecified atom stereocenters. The molecule has 1 saturated carbocycles. The summed E-state index contributed by atoms with van der Waals surface area (Å²) in [6.45, 7) is 0.465. The van der Waals surface area contributed by atoms with E-state index in [-0.39, 0.29) is 5.56 Å². The lowest BCUT2D eigenvalue weighted by Crippen LogP contribution is -2.38. The van der Waals surface area contributed by atoms with Crippen LogP contribution in [0.15, 0.2) is 18.3 Å². The molecule has 0 bridgehead atoms. The first kappa shape index (κ1) is 12.8. The third kappa shape index (κ3) is 3.20. The Morgan fingerprint density at radius 3 is 2.61 bits per heavy atom. The Bertz CT molecular complexity index is 411. The van der Waals surface area contributed by atoms with Crippen LogP contribution in [0.4, 0.5) is 5.82 Å². The van der Waals surface area contributed by atoms with E-state index in [9.17, 15) is 9.90 Å². The first-order valence-electron chi connectivity index (χ1n) is 6.25. The number of nitrogens with one attached hydrogen (secondary N) is 1. The van der Waals surface area contributed by atoms with Gasteiger partial charge >= 0.3 is 5.97 Å². The summed E-state index contributed by atoms with van der Waals surface area (Å²) < 4.78 is 0. The smallest absolute Gasteiger partial charge is 0.337 e. The van der Waals surface area contributed by atoms with Gasteiger partial charge in [-0.2, -0.15) is 0 Å². The molecule has 0 aromatic carbocycles. The number of carboxylic acid groups (broad SMARTS) is 1. The zero-order chi connectivity index (χ0) is 13.0. The van der Waals surface area contributed by atoms with Gasteiger partial charge in [0, 0.05) is 12.7 Å². The molecule has 1 aliphatic carbocycles. The van der Waals surface area contributed by atoms with E-state index >= 15 is 0 Å². The molecule has 0 amide bonds. The molecule has 5 heteroatoms. The minimum atomic E-state index is -0.986. The summed E-state index contributed by atoms with van der Waals surface area (Å²) in [5.74, 6) is -0.390. The van der Waals surface area contributed by atoms with Gasteiger partial charge in [-0.25, -0.2) is 9.78 Å². The first-order chi connectivity index (χ1) is 8.59. The van der Waals surface area contributed by atoms with Crippen molar-refractivity contribution in [1.82, 2.24) is 4.98 Å². The molecule has 18 heavy (non-hydrogen) atoms. The van der Waals surface area contributed by atoms with Gasteiger partial charge in [0.25, 0.3) is 0 Å². The molecule has 98 valence electrons. The fourth-order valence-corrected chi connectivity index (χ4v) is 2.27. The van der Waals surface area contributed by atoms with Gasteiger partial charge < -0.3 is 15.5 Å². The Labute approximate surface area is 106 Å². The van der Waals surface area contributed by atoms with Gasteiger partial charge in [-0.05, 0) is 25.0 Å². The van der Waals surface area contributed by atoms with Crippen LogP contribution in [0.3, 0.4) is 0 Å². The van der Waals surface area contributed by atoms with Crippen LogP contribution in [0, 0.1) is 0 Å². The van der Waals surface area contributed by atoms with Crippen LogP contribution in [0.5, 0.6) is 0 Å². The van der Waals surface area contributed by atoms with Crippen molar-refractivity contribution in [2.75, 3.05) is 11.9 Å². The maximum Gasteiger partial charge on any atom is 0.337 e. The number of pyridine rings is 1. The summed E-state index contributed by atoms with van der Waals surface area (Å²) in [6.07, 6.45) is 6.25. The Kier molecular flexibility index (Phi) is 3.81.